The molecule has 0 unspecified atom stereocenters. The molecular formula is C21H13F4N5O2. The molecule has 0 atom stereocenters. The standard InChI is InChI=1S/C21H13F4N5O2/c22-16-4-1-12(8-15(16)21(23,24)25)30-20(31)19-14-3-2-13(7-11(14)5-6-27-19)32-18-9-17(26)28-10-29-18/h1-10H,(H,30,31)(H2,26,28,29). The second-order valence-electron chi connectivity index (χ2n) is 6.57. The molecule has 7 nitrogen and oxygen atoms in total. The predicted octanol–water partition coefficient (Wildman–Crippen LogP) is 4.81. The molecular weight excluding hydrogens is 430 g/mol. The van der Waals surface area contributed by atoms with Gasteiger partial charge >= 0.3 is 6.18 Å². The maximum atomic E-state index is 13.5. The van der Waals surface area contributed by atoms with Crippen molar-refractivity contribution in [3.8, 4) is 11.6 Å². The van der Waals surface area contributed by atoms with Crippen LogP contribution in [0.15, 0.2) is 61.1 Å². The Kier molecular flexibility index (Phi) is 5.31. The number of nitrogens with one attached hydrogen (secondary N) is 1. The minimum Gasteiger partial charge on any atom is -0.439 e. The van der Waals surface area contributed by atoms with Crippen LogP contribution in [0, 0.1) is 5.82 Å². The van der Waals surface area contributed by atoms with E-state index < -0.39 is 23.5 Å². The van der Waals surface area contributed by atoms with Gasteiger partial charge in [-0.05, 0) is 47.9 Å². The molecule has 0 saturated heterocycles. The first-order valence-electron chi connectivity index (χ1n) is 9.03. The number of amides is 1. The molecule has 2 aromatic carbocycles. The van der Waals surface area contributed by atoms with E-state index in [-0.39, 0.29) is 23.1 Å². The maximum Gasteiger partial charge on any atom is 0.419 e. The molecule has 0 aliphatic rings. The first-order valence-corrected chi connectivity index (χ1v) is 9.03. The number of pyridine rings is 1. The zero-order chi connectivity index (χ0) is 22.9. The van der Waals surface area contributed by atoms with Crippen LogP contribution >= 0.6 is 0 Å². The summed E-state index contributed by atoms with van der Waals surface area (Å²) >= 11 is 0. The Bertz CT molecular complexity index is 1330. The highest BCUT2D eigenvalue weighted by Gasteiger charge is 2.34. The molecule has 0 aliphatic carbocycles. The van der Waals surface area contributed by atoms with Crippen molar-refractivity contribution in [1.29, 1.82) is 0 Å². The molecule has 1 amide bonds. The summed E-state index contributed by atoms with van der Waals surface area (Å²) in [6.45, 7) is 0. The average molecular weight is 443 g/mol. The number of ether oxygens (including phenoxy) is 1. The number of carbonyl (C=O) groups excluding carboxylic acids is 1. The fraction of sp³-hybridized carbons (Fsp3) is 0.0476. The van der Waals surface area contributed by atoms with Gasteiger partial charge in [-0.15, -0.1) is 0 Å². The van der Waals surface area contributed by atoms with Gasteiger partial charge in [0, 0.05) is 23.3 Å². The van der Waals surface area contributed by atoms with Crippen molar-refractivity contribution in [2.45, 2.75) is 6.18 Å². The Morgan fingerprint density at radius 3 is 2.56 bits per heavy atom. The van der Waals surface area contributed by atoms with Gasteiger partial charge in [0.2, 0.25) is 5.88 Å². The van der Waals surface area contributed by atoms with Crippen molar-refractivity contribution in [2.24, 2.45) is 0 Å². The van der Waals surface area contributed by atoms with E-state index in [1.54, 1.807) is 24.3 Å². The molecule has 11 heteroatoms. The Labute approximate surface area is 177 Å². The fourth-order valence-corrected chi connectivity index (χ4v) is 2.94. The molecule has 0 aliphatic heterocycles. The van der Waals surface area contributed by atoms with Crippen molar-refractivity contribution < 1.29 is 27.1 Å². The number of rotatable bonds is 4. The first-order chi connectivity index (χ1) is 15.2. The number of nitrogens with two attached hydrogens (primary N) is 1. The highest BCUT2D eigenvalue weighted by Crippen LogP contribution is 2.33. The van der Waals surface area contributed by atoms with Crippen LogP contribution in [-0.2, 0) is 6.18 Å². The van der Waals surface area contributed by atoms with Crippen molar-refractivity contribution in [3.63, 3.8) is 0 Å². The summed E-state index contributed by atoms with van der Waals surface area (Å²) in [6, 6.07) is 10.0. The van der Waals surface area contributed by atoms with E-state index in [0.29, 0.717) is 28.7 Å². The number of benzene rings is 2. The van der Waals surface area contributed by atoms with Gasteiger partial charge in [0.05, 0.1) is 5.56 Å². The van der Waals surface area contributed by atoms with E-state index in [1.807, 2.05) is 0 Å². The van der Waals surface area contributed by atoms with Crippen LogP contribution in [0.5, 0.6) is 11.6 Å². The largest absolute Gasteiger partial charge is 0.439 e. The highest BCUT2D eigenvalue weighted by atomic mass is 19.4. The third-order valence-electron chi connectivity index (χ3n) is 4.37. The SMILES string of the molecule is Nc1cc(Oc2ccc3c(C(=O)Nc4ccc(F)c(C(F)(F)F)c4)nccc3c2)ncn1. The molecule has 0 bridgehead atoms. The summed E-state index contributed by atoms with van der Waals surface area (Å²) in [4.78, 5) is 24.4. The molecule has 162 valence electrons. The van der Waals surface area contributed by atoms with E-state index in [0.717, 1.165) is 6.07 Å². The lowest BCUT2D eigenvalue weighted by molar-refractivity contribution is -0.139. The summed E-state index contributed by atoms with van der Waals surface area (Å²) in [5, 5.41) is 3.33. The topological polar surface area (TPSA) is 103 Å². The molecule has 4 rings (SSSR count). The van der Waals surface area contributed by atoms with Crippen molar-refractivity contribution in [3.05, 3.63) is 78.1 Å². The number of alkyl halides is 3. The van der Waals surface area contributed by atoms with E-state index in [4.69, 9.17) is 10.5 Å². The van der Waals surface area contributed by atoms with Crippen LogP contribution in [0.3, 0.4) is 0 Å². The Balaban J connectivity index is 1.61. The lowest BCUT2D eigenvalue weighted by Crippen LogP contribution is -2.15. The average Bonchev–Trinajstić information content (AvgIpc) is 2.73. The molecule has 3 N–H and O–H groups in total. The molecule has 4 aromatic rings. The fourth-order valence-electron chi connectivity index (χ4n) is 2.94. The zero-order valence-electron chi connectivity index (χ0n) is 16.0. The number of hydrogen-bond donors (Lipinski definition) is 2. The summed E-state index contributed by atoms with van der Waals surface area (Å²) in [7, 11) is 0. The van der Waals surface area contributed by atoms with Gasteiger partial charge in [0.1, 0.15) is 29.4 Å². The number of nitrogen functional groups attached to an aromatic ring is 1. The second-order valence-corrected chi connectivity index (χ2v) is 6.57. The van der Waals surface area contributed by atoms with Crippen LogP contribution in [-0.4, -0.2) is 20.9 Å². The molecule has 0 saturated carbocycles. The predicted molar refractivity (Wildman–Crippen MR) is 108 cm³/mol. The van der Waals surface area contributed by atoms with E-state index in [9.17, 15) is 22.4 Å². The quantitative estimate of drug-likeness (QED) is 0.439. The van der Waals surface area contributed by atoms with Gasteiger partial charge in [0.25, 0.3) is 5.91 Å². The smallest absolute Gasteiger partial charge is 0.419 e. The molecule has 0 radical (unpaired) electrons. The van der Waals surface area contributed by atoms with Crippen LogP contribution in [0.1, 0.15) is 16.1 Å². The lowest BCUT2D eigenvalue weighted by Gasteiger charge is -2.12. The summed E-state index contributed by atoms with van der Waals surface area (Å²) in [5.41, 5.74) is 3.87. The van der Waals surface area contributed by atoms with E-state index in [2.05, 4.69) is 20.3 Å². The Morgan fingerprint density at radius 2 is 1.81 bits per heavy atom. The van der Waals surface area contributed by atoms with Gasteiger partial charge in [-0.1, -0.05) is 0 Å². The minimum absolute atomic E-state index is 0.0294. The molecule has 0 fully saturated rings. The molecule has 32 heavy (non-hydrogen) atoms. The maximum absolute atomic E-state index is 13.5. The van der Waals surface area contributed by atoms with Crippen molar-refractivity contribution in [2.75, 3.05) is 11.1 Å². The van der Waals surface area contributed by atoms with Gasteiger partial charge in [-0.3, -0.25) is 9.78 Å². The summed E-state index contributed by atoms with van der Waals surface area (Å²) < 4.78 is 57.9. The van der Waals surface area contributed by atoms with Crippen molar-refractivity contribution in [1.82, 2.24) is 15.0 Å². The Morgan fingerprint density at radius 1 is 1.00 bits per heavy atom. The van der Waals surface area contributed by atoms with Gasteiger partial charge in [-0.25, -0.2) is 14.4 Å². The van der Waals surface area contributed by atoms with Crippen molar-refractivity contribution >= 4 is 28.2 Å². The number of halogens is 4. The van der Waals surface area contributed by atoms with Gasteiger partial charge in [-0.2, -0.15) is 13.2 Å². The number of nitrogens with zero attached hydrogens (tertiary/aromatic N) is 3. The molecule has 2 heterocycles. The van der Waals surface area contributed by atoms with E-state index in [1.165, 1.54) is 18.6 Å². The third-order valence-corrected chi connectivity index (χ3v) is 4.37. The zero-order valence-corrected chi connectivity index (χ0v) is 16.0. The lowest BCUT2D eigenvalue weighted by atomic mass is 10.1. The van der Waals surface area contributed by atoms with E-state index >= 15 is 0 Å². The highest BCUT2D eigenvalue weighted by molar-refractivity contribution is 6.11. The molecule has 2 aromatic heterocycles. The normalized spacial score (nSPS) is 11.4. The second kappa shape index (κ2) is 8.10. The first kappa shape index (κ1) is 21.0. The third kappa shape index (κ3) is 4.41. The Hall–Kier alpha value is -4.28. The number of aromatic nitrogens is 3. The monoisotopic (exact) mass is 443 g/mol. The van der Waals surface area contributed by atoms with Crippen LogP contribution in [0.25, 0.3) is 10.8 Å². The van der Waals surface area contributed by atoms with Gasteiger partial charge in [0.15, 0.2) is 0 Å². The summed E-state index contributed by atoms with van der Waals surface area (Å²) in [5.74, 6) is -1.33. The number of carbonyl (C=O) groups is 1. The summed E-state index contributed by atoms with van der Waals surface area (Å²) in [6.07, 6.45) is -2.28. The molecule has 0 spiro atoms. The number of fused-ring (bicyclic) bond motifs is 1. The van der Waals surface area contributed by atoms with Crippen LogP contribution in [0.2, 0.25) is 0 Å². The van der Waals surface area contributed by atoms with Crippen LogP contribution < -0.4 is 15.8 Å². The minimum atomic E-state index is -4.90. The number of hydrogen-bond acceptors (Lipinski definition) is 6. The number of anilines is 2. The van der Waals surface area contributed by atoms with Crippen LogP contribution in [0.4, 0.5) is 29.1 Å². The van der Waals surface area contributed by atoms with Gasteiger partial charge < -0.3 is 15.8 Å².